The van der Waals surface area contributed by atoms with Crippen LogP contribution in [-0.2, 0) is 9.53 Å². The van der Waals surface area contributed by atoms with Gasteiger partial charge in [0.15, 0.2) is 6.61 Å². The van der Waals surface area contributed by atoms with E-state index in [1.165, 1.54) is 6.07 Å². The Balaban J connectivity index is 1.95. The smallest absolute Gasteiger partial charge is 0.342 e. The van der Waals surface area contributed by atoms with Crippen LogP contribution in [0.4, 0.5) is 14.5 Å². The maximum absolute atomic E-state index is 13.0. The van der Waals surface area contributed by atoms with E-state index in [1.807, 2.05) is 0 Å². The second-order valence-corrected chi connectivity index (χ2v) is 4.71. The van der Waals surface area contributed by atoms with Gasteiger partial charge in [-0.25, -0.2) is 13.6 Å². The molecule has 1 N–H and O–H groups in total. The molecule has 0 radical (unpaired) electrons. The highest BCUT2D eigenvalue weighted by atomic mass is 19.1. The van der Waals surface area contributed by atoms with Crippen molar-refractivity contribution in [2.45, 2.75) is 6.92 Å². The number of esters is 1. The summed E-state index contributed by atoms with van der Waals surface area (Å²) in [6.45, 7) is 1.54. The Kier molecular flexibility index (Phi) is 5.83. The lowest BCUT2D eigenvalue weighted by Crippen LogP contribution is -2.21. The molecule has 5 nitrogen and oxygen atoms in total. The van der Waals surface area contributed by atoms with Gasteiger partial charge >= 0.3 is 5.97 Å². The number of carbonyl (C=O) groups is 2. The highest BCUT2D eigenvalue weighted by Crippen LogP contribution is 2.19. The molecular weight excluding hydrogens is 320 g/mol. The van der Waals surface area contributed by atoms with E-state index in [1.54, 1.807) is 25.1 Å². The van der Waals surface area contributed by atoms with E-state index < -0.39 is 30.1 Å². The van der Waals surface area contributed by atoms with Crippen molar-refractivity contribution in [1.82, 2.24) is 0 Å². The number of amides is 1. The lowest BCUT2D eigenvalue weighted by molar-refractivity contribution is -0.119. The summed E-state index contributed by atoms with van der Waals surface area (Å²) < 4.78 is 36.3. The van der Waals surface area contributed by atoms with Crippen LogP contribution in [-0.4, -0.2) is 25.1 Å². The quantitative estimate of drug-likeness (QED) is 0.824. The third-order valence-electron chi connectivity index (χ3n) is 2.89. The normalized spacial score (nSPS) is 10.1. The molecule has 0 aromatic heterocycles. The molecule has 0 aliphatic carbocycles. The molecule has 0 atom stereocenters. The minimum Gasteiger partial charge on any atom is -0.493 e. The number of nitrogens with one attached hydrogen (secondary N) is 1. The average Bonchev–Trinajstić information content (AvgIpc) is 2.52. The van der Waals surface area contributed by atoms with Crippen LogP contribution in [0.5, 0.6) is 5.75 Å². The van der Waals surface area contributed by atoms with E-state index in [-0.39, 0.29) is 11.3 Å². The van der Waals surface area contributed by atoms with Gasteiger partial charge in [0, 0.05) is 11.8 Å². The fourth-order valence-electron chi connectivity index (χ4n) is 1.95. The number of hydrogen-bond donors (Lipinski definition) is 1. The van der Waals surface area contributed by atoms with Gasteiger partial charge in [0.2, 0.25) is 0 Å². The van der Waals surface area contributed by atoms with Crippen LogP contribution in [0.15, 0.2) is 42.5 Å². The molecule has 0 aliphatic rings. The number of halogens is 2. The highest BCUT2D eigenvalue weighted by molar-refractivity contribution is 5.96. The third kappa shape index (κ3) is 4.77. The summed E-state index contributed by atoms with van der Waals surface area (Å²) in [5.41, 5.74) is 0.118. The van der Waals surface area contributed by atoms with Crippen molar-refractivity contribution < 1.29 is 27.8 Å². The van der Waals surface area contributed by atoms with E-state index in [4.69, 9.17) is 9.47 Å². The van der Waals surface area contributed by atoms with Gasteiger partial charge in [-0.2, -0.15) is 0 Å². The Hall–Kier alpha value is -2.96. The zero-order valence-electron chi connectivity index (χ0n) is 12.8. The zero-order valence-corrected chi connectivity index (χ0v) is 12.8. The van der Waals surface area contributed by atoms with Gasteiger partial charge in [0.1, 0.15) is 22.9 Å². The van der Waals surface area contributed by atoms with E-state index in [0.29, 0.717) is 18.4 Å². The first-order valence-electron chi connectivity index (χ1n) is 7.14. The van der Waals surface area contributed by atoms with Gasteiger partial charge in [-0.05, 0) is 31.2 Å². The van der Waals surface area contributed by atoms with Crippen LogP contribution in [0.3, 0.4) is 0 Å². The third-order valence-corrected chi connectivity index (χ3v) is 2.89. The first kappa shape index (κ1) is 17.4. The zero-order chi connectivity index (χ0) is 17.5. The Bertz CT molecular complexity index is 729. The van der Waals surface area contributed by atoms with Crippen LogP contribution in [0.25, 0.3) is 0 Å². The molecule has 126 valence electrons. The molecular formula is C17H15F2NO4. The molecule has 0 fully saturated rings. The minimum absolute atomic E-state index is 0.0664. The summed E-state index contributed by atoms with van der Waals surface area (Å²) >= 11 is 0. The molecule has 0 spiro atoms. The van der Waals surface area contributed by atoms with E-state index in [9.17, 15) is 18.4 Å². The average molecular weight is 335 g/mol. The number of para-hydroxylation sites is 1. The molecule has 0 saturated heterocycles. The van der Waals surface area contributed by atoms with Crippen LogP contribution >= 0.6 is 0 Å². The summed E-state index contributed by atoms with van der Waals surface area (Å²) in [4.78, 5) is 23.7. The first-order valence-corrected chi connectivity index (χ1v) is 7.14. The van der Waals surface area contributed by atoms with Gasteiger partial charge in [0.05, 0.1) is 6.61 Å². The van der Waals surface area contributed by atoms with Crippen LogP contribution in [0.2, 0.25) is 0 Å². The van der Waals surface area contributed by atoms with Crippen molar-refractivity contribution in [3.05, 3.63) is 59.7 Å². The molecule has 0 saturated carbocycles. The number of anilines is 1. The predicted molar refractivity (Wildman–Crippen MR) is 82.9 cm³/mol. The Labute approximate surface area is 137 Å². The van der Waals surface area contributed by atoms with Crippen molar-refractivity contribution >= 4 is 17.6 Å². The van der Waals surface area contributed by atoms with Gasteiger partial charge in [0.25, 0.3) is 5.91 Å². The van der Waals surface area contributed by atoms with E-state index >= 15 is 0 Å². The Morgan fingerprint density at radius 1 is 1.08 bits per heavy atom. The largest absolute Gasteiger partial charge is 0.493 e. The minimum atomic E-state index is -0.826. The van der Waals surface area contributed by atoms with Crippen LogP contribution in [0, 0.1) is 11.6 Å². The lowest BCUT2D eigenvalue weighted by Gasteiger charge is -2.10. The van der Waals surface area contributed by atoms with Gasteiger partial charge in [-0.3, -0.25) is 4.79 Å². The topological polar surface area (TPSA) is 64.6 Å². The number of hydrogen-bond acceptors (Lipinski definition) is 4. The number of carbonyl (C=O) groups excluding carboxylic acids is 2. The second-order valence-electron chi connectivity index (χ2n) is 4.71. The summed E-state index contributed by atoms with van der Waals surface area (Å²) in [6.07, 6.45) is 0. The van der Waals surface area contributed by atoms with Crippen molar-refractivity contribution in [1.29, 1.82) is 0 Å². The van der Waals surface area contributed by atoms with Gasteiger partial charge < -0.3 is 14.8 Å². The lowest BCUT2D eigenvalue weighted by atomic mass is 10.2. The van der Waals surface area contributed by atoms with Crippen LogP contribution < -0.4 is 10.1 Å². The first-order chi connectivity index (χ1) is 11.5. The van der Waals surface area contributed by atoms with E-state index in [0.717, 1.165) is 12.1 Å². The molecule has 0 unspecified atom stereocenters. The van der Waals surface area contributed by atoms with Crippen LogP contribution in [0.1, 0.15) is 17.3 Å². The molecule has 1 amide bonds. The number of benzene rings is 2. The monoisotopic (exact) mass is 335 g/mol. The molecule has 2 aromatic rings. The van der Waals surface area contributed by atoms with E-state index in [2.05, 4.69) is 5.32 Å². The molecule has 2 aromatic carbocycles. The van der Waals surface area contributed by atoms with Gasteiger partial charge in [-0.1, -0.05) is 12.1 Å². The second kappa shape index (κ2) is 8.05. The molecule has 7 heteroatoms. The molecule has 0 heterocycles. The maximum atomic E-state index is 13.0. The standard InChI is InChI=1S/C17H15F2NO4/c1-2-23-15-6-4-3-5-14(15)17(22)24-10-16(21)20-13-8-11(18)7-12(19)9-13/h3-9H,2,10H2,1H3,(H,20,21). The maximum Gasteiger partial charge on any atom is 0.342 e. The summed E-state index contributed by atoms with van der Waals surface area (Å²) in [6, 6.07) is 9.03. The molecule has 2 rings (SSSR count). The predicted octanol–water partition coefficient (Wildman–Crippen LogP) is 3.16. The molecule has 24 heavy (non-hydrogen) atoms. The molecule has 0 aliphatic heterocycles. The van der Waals surface area contributed by atoms with Crippen molar-refractivity contribution in [3.63, 3.8) is 0 Å². The van der Waals surface area contributed by atoms with Crippen molar-refractivity contribution in [2.24, 2.45) is 0 Å². The number of ether oxygens (including phenoxy) is 2. The summed E-state index contributed by atoms with van der Waals surface area (Å²) in [5, 5.41) is 2.24. The Morgan fingerprint density at radius 2 is 1.75 bits per heavy atom. The highest BCUT2D eigenvalue weighted by Gasteiger charge is 2.15. The fraction of sp³-hybridized carbons (Fsp3) is 0.176. The summed E-state index contributed by atoms with van der Waals surface area (Å²) in [5.74, 6) is -2.76. The van der Waals surface area contributed by atoms with Gasteiger partial charge in [-0.15, -0.1) is 0 Å². The number of rotatable bonds is 6. The SMILES string of the molecule is CCOc1ccccc1C(=O)OCC(=O)Nc1cc(F)cc(F)c1. The Morgan fingerprint density at radius 3 is 2.42 bits per heavy atom. The fourth-order valence-corrected chi connectivity index (χ4v) is 1.95. The van der Waals surface area contributed by atoms with Crippen molar-refractivity contribution in [2.75, 3.05) is 18.5 Å². The summed E-state index contributed by atoms with van der Waals surface area (Å²) in [7, 11) is 0. The van der Waals surface area contributed by atoms with Crippen molar-refractivity contribution in [3.8, 4) is 5.75 Å². The molecule has 0 bridgehead atoms.